The van der Waals surface area contributed by atoms with E-state index in [-0.39, 0.29) is 0 Å². The predicted molar refractivity (Wildman–Crippen MR) is 75.8 cm³/mol. The standard InChI is InChI=1S/C18H28O/c1-18-9-2-3-15(18)13-4-5-14-11(12(13)8-10-18)6-7-16-17(14)19-16/h11-17H,2-10H2,1H3/t11-,12-,13-,14+,15+,16+,17-,18+/m1/s1. The molecule has 0 amide bonds. The molecule has 5 aliphatic rings. The molecule has 1 heterocycles. The van der Waals surface area contributed by atoms with Crippen LogP contribution >= 0.6 is 0 Å². The van der Waals surface area contributed by atoms with Gasteiger partial charge in [0.15, 0.2) is 0 Å². The maximum Gasteiger partial charge on any atom is 0.0872 e. The first-order chi connectivity index (χ1) is 9.26. The minimum absolute atomic E-state index is 0.693. The SMILES string of the molecule is C[C@@]12CCC[C@H]1[C@@H]1CC[C@H]3[C@H](CC[C@@H]4O[C@H]34)[C@H]1CC2. The maximum atomic E-state index is 5.93. The number of rotatable bonds is 0. The van der Waals surface area contributed by atoms with Gasteiger partial charge in [-0.15, -0.1) is 0 Å². The van der Waals surface area contributed by atoms with Crippen molar-refractivity contribution in [1.82, 2.24) is 0 Å². The van der Waals surface area contributed by atoms with E-state index >= 15 is 0 Å². The molecule has 0 spiro atoms. The van der Waals surface area contributed by atoms with Crippen LogP contribution in [0.1, 0.15) is 64.7 Å². The summed E-state index contributed by atoms with van der Waals surface area (Å²) in [5, 5.41) is 0. The average Bonchev–Trinajstić information content (AvgIpc) is 3.11. The first-order valence-corrected chi connectivity index (χ1v) is 8.92. The highest BCUT2D eigenvalue weighted by molar-refractivity contribution is 5.07. The summed E-state index contributed by atoms with van der Waals surface area (Å²) in [7, 11) is 0. The van der Waals surface area contributed by atoms with Crippen molar-refractivity contribution in [3.05, 3.63) is 0 Å². The van der Waals surface area contributed by atoms with E-state index in [9.17, 15) is 0 Å². The van der Waals surface area contributed by atoms with Gasteiger partial charge in [0.25, 0.3) is 0 Å². The average molecular weight is 260 g/mol. The number of ether oxygens (including phenoxy) is 1. The minimum atomic E-state index is 0.693. The van der Waals surface area contributed by atoms with E-state index in [0.29, 0.717) is 12.2 Å². The van der Waals surface area contributed by atoms with Crippen molar-refractivity contribution in [3.8, 4) is 0 Å². The Morgan fingerprint density at radius 2 is 1.58 bits per heavy atom. The number of hydrogen-bond donors (Lipinski definition) is 0. The van der Waals surface area contributed by atoms with Crippen LogP contribution in [-0.2, 0) is 4.74 Å². The van der Waals surface area contributed by atoms with Gasteiger partial charge < -0.3 is 4.74 Å². The Kier molecular flexibility index (Phi) is 2.31. The lowest BCUT2D eigenvalue weighted by atomic mass is 9.51. The quantitative estimate of drug-likeness (QED) is 0.588. The second-order valence-electron chi connectivity index (χ2n) is 8.64. The van der Waals surface area contributed by atoms with Gasteiger partial charge in [0.1, 0.15) is 0 Å². The van der Waals surface area contributed by atoms with Crippen molar-refractivity contribution < 1.29 is 4.74 Å². The minimum Gasteiger partial charge on any atom is -0.369 e. The van der Waals surface area contributed by atoms with Crippen LogP contribution in [0.25, 0.3) is 0 Å². The topological polar surface area (TPSA) is 12.5 Å². The monoisotopic (exact) mass is 260 g/mol. The van der Waals surface area contributed by atoms with Crippen molar-refractivity contribution in [2.24, 2.45) is 35.0 Å². The molecule has 0 aromatic carbocycles. The van der Waals surface area contributed by atoms with E-state index in [1.165, 1.54) is 38.5 Å². The lowest BCUT2D eigenvalue weighted by Crippen LogP contribution is -2.47. The predicted octanol–water partition coefficient (Wildman–Crippen LogP) is 4.41. The van der Waals surface area contributed by atoms with Crippen LogP contribution in [0.3, 0.4) is 0 Å². The molecule has 19 heavy (non-hydrogen) atoms. The van der Waals surface area contributed by atoms with Gasteiger partial charge in [0.2, 0.25) is 0 Å². The molecule has 4 aliphatic carbocycles. The van der Waals surface area contributed by atoms with Gasteiger partial charge in [-0.2, -0.15) is 0 Å². The lowest BCUT2D eigenvalue weighted by molar-refractivity contribution is -0.0470. The van der Waals surface area contributed by atoms with Gasteiger partial charge in [-0.3, -0.25) is 0 Å². The van der Waals surface area contributed by atoms with Gasteiger partial charge in [0.05, 0.1) is 12.2 Å². The van der Waals surface area contributed by atoms with E-state index in [2.05, 4.69) is 6.92 Å². The Bertz CT molecular complexity index is 391. The number of fused-ring (bicyclic) bond motifs is 7. The van der Waals surface area contributed by atoms with Gasteiger partial charge in [-0.25, -0.2) is 0 Å². The Morgan fingerprint density at radius 3 is 2.53 bits per heavy atom. The highest BCUT2D eigenvalue weighted by Crippen LogP contribution is 2.63. The Labute approximate surface area is 117 Å². The molecule has 1 nitrogen and oxygen atoms in total. The molecule has 0 unspecified atom stereocenters. The molecular weight excluding hydrogens is 232 g/mol. The Hall–Kier alpha value is -0.0400. The van der Waals surface area contributed by atoms with E-state index in [4.69, 9.17) is 4.74 Å². The van der Waals surface area contributed by atoms with Crippen LogP contribution in [0, 0.1) is 35.0 Å². The fourth-order valence-corrected chi connectivity index (χ4v) is 7.13. The molecule has 5 fully saturated rings. The van der Waals surface area contributed by atoms with Crippen LogP contribution in [0.2, 0.25) is 0 Å². The second kappa shape index (κ2) is 3.78. The molecule has 0 radical (unpaired) electrons. The van der Waals surface area contributed by atoms with Crippen LogP contribution in [-0.4, -0.2) is 12.2 Å². The summed E-state index contributed by atoms with van der Waals surface area (Å²) in [5.41, 5.74) is 0.737. The van der Waals surface area contributed by atoms with Crippen molar-refractivity contribution in [2.75, 3.05) is 0 Å². The second-order valence-corrected chi connectivity index (χ2v) is 8.64. The fraction of sp³-hybridized carbons (Fsp3) is 1.00. The number of hydrogen-bond acceptors (Lipinski definition) is 1. The Morgan fingerprint density at radius 1 is 0.789 bits per heavy atom. The van der Waals surface area contributed by atoms with E-state index in [1.807, 2.05) is 0 Å². The highest BCUT2D eigenvalue weighted by Gasteiger charge is 2.59. The van der Waals surface area contributed by atoms with E-state index < -0.39 is 0 Å². The van der Waals surface area contributed by atoms with Gasteiger partial charge in [-0.1, -0.05) is 13.3 Å². The van der Waals surface area contributed by atoms with Gasteiger partial charge >= 0.3 is 0 Å². The zero-order valence-electron chi connectivity index (χ0n) is 12.3. The molecule has 0 aromatic rings. The van der Waals surface area contributed by atoms with Crippen LogP contribution in [0.4, 0.5) is 0 Å². The lowest BCUT2D eigenvalue weighted by Gasteiger charge is -2.54. The molecule has 8 atom stereocenters. The Balaban J connectivity index is 1.43. The third-order valence-corrected chi connectivity index (χ3v) is 8.04. The summed E-state index contributed by atoms with van der Waals surface area (Å²) in [6.07, 6.45) is 15.0. The summed E-state index contributed by atoms with van der Waals surface area (Å²) in [5.74, 6) is 5.28. The summed E-state index contributed by atoms with van der Waals surface area (Å²) in [4.78, 5) is 0. The van der Waals surface area contributed by atoms with Gasteiger partial charge in [-0.05, 0) is 86.4 Å². The highest BCUT2D eigenvalue weighted by atomic mass is 16.6. The first-order valence-electron chi connectivity index (χ1n) is 8.92. The summed E-state index contributed by atoms with van der Waals surface area (Å²) < 4.78 is 5.93. The maximum absolute atomic E-state index is 5.93. The molecule has 4 saturated carbocycles. The summed E-state index contributed by atoms with van der Waals surface area (Å²) >= 11 is 0. The molecular formula is C18H28O. The van der Waals surface area contributed by atoms with Crippen LogP contribution < -0.4 is 0 Å². The van der Waals surface area contributed by atoms with Crippen LogP contribution in [0.5, 0.6) is 0 Å². The molecule has 106 valence electrons. The van der Waals surface area contributed by atoms with E-state index in [1.54, 1.807) is 19.3 Å². The first kappa shape index (κ1) is 11.6. The third kappa shape index (κ3) is 1.51. The molecule has 1 saturated heterocycles. The molecule has 0 N–H and O–H groups in total. The van der Waals surface area contributed by atoms with Crippen molar-refractivity contribution in [2.45, 2.75) is 76.9 Å². The van der Waals surface area contributed by atoms with Crippen LogP contribution in [0.15, 0.2) is 0 Å². The summed E-state index contributed by atoms with van der Waals surface area (Å²) in [6, 6.07) is 0. The van der Waals surface area contributed by atoms with E-state index in [0.717, 1.165) is 35.0 Å². The third-order valence-electron chi connectivity index (χ3n) is 8.04. The zero-order valence-corrected chi connectivity index (χ0v) is 12.3. The summed E-state index contributed by atoms with van der Waals surface area (Å²) in [6.45, 7) is 2.62. The van der Waals surface area contributed by atoms with Crippen molar-refractivity contribution >= 4 is 0 Å². The van der Waals surface area contributed by atoms with Gasteiger partial charge in [0, 0.05) is 0 Å². The molecule has 0 bridgehead atoms. The normalized spacial score (nSPS) is 62.7. The zero-order chi connectivity index (χ0) is 12.6. The number of epoxide rings is 1. The molecule has 0 aromatic heterocycles. The molecule has 1 aliphatic heterocycles. The van der Waals surface area contributed by atoms with Crippen molar-refractivity contribution in [1.29, 1.82) is 0 Å². The smallest absolute Gasteiger partial charge is 0.0872 e. The largest absolute Gasteiger partial charge is 0.369 e. The fourth-order valence-electron chi connectivity index (χ4n) is 7.13. The molecule has 5 rings (SSSR count). The molecule has 1 heteroatoms. The van der Waals surface area contributed by atoms with Crippen molar-refractivity contribution in [3.63, 3.8) is 0 Å².